The fraction of sp³-hybridized carbons (Fsp3) is 0.889. The Balaban J connectivity index is 2.79. The van der Waals surface area contributed by atoms with E-state index in [1.165, 1.54) is 21.3 Å². The molecule has 1 aliphatic heterocycles. The highest BCUT2D eigenvalue weighted by Crippen LogP contribution is 2.28. The Hall–Kier alpha value is -1.34. The van der Waals surface area contributed by atoms with Gasteiger partial charge >= 0.3 is 5.97 Å². The Kier molecular flexibility index (Phi) is 5.17. The smallest absolute Gasteiger partial charge is 0.335 e. The number of carbonyl (C=O) groups is 1. The van der Waals surface area contributed by atoms with E-state index in [1.54, 1.807) is 0 Å². The molecule has 1 rings (SSSR count). The van der Waals surface area contributed by atoms with Crippen molar-refractivity contribution >= 4 is 5.97 Å². The predicted octanol–water partition coefficient (Wildman–Crippen LogP) is 0.615. The molecule has 0 unspecified atom stereocenters. The lowest BCUT2D eigenvalue weighted by Crippen LogP contribution is -2.36. The summed E-state index contributed by atoms with van der Waals surface area (Å²) in [6.07, 6.45) is -1.82. The molecule has 0 N–H and O–H groups in total. The quantitative estimate of drug-likeness (QED) is 0.232. The molecule has 0 spiro atoms. The molecule has 8 heteroatoms. The number of hydrogen-bond acceptors (Lipinski definition) is 6. The molecule has 17 heavy (non-hydrogen) atoms. The zero-order valence-electron chi connectivity index (χ0n) is 9.90. The van der Waals surface area contributed by atoms with E-state index in [0.717, 1.165) is 0 Å². The van der Waals surface area contributed by atoms with Gasteiger partial charge in [0.1, 0.15) is 6.10 Å². The molecule has 1 aliphatic rings. The van der Waals surface area contributed by atoms with E-state index in [1.807, 2.05) is 0 Å². The SMILES string of the molecule is COC(=O)[C@H]1C[C@H](N=[N+]=[N-])[C@@H](C(OC)OC)O1. The van der Waals surface area contributed by atoms with Crippen LogP contribution >= 0.6 is 0 Å². The first-order valence-corrected chi connectivity index (χ1v) is 5.01. The number of ether oxygens (including phenoxy) is 4. The summed E-state index contributed by atoms with van der Waals surface area (Å²) in [7, 11) is 4.15. The van der Waals surface area contributed by atoms with Crippen molar-refractivity contribution in [1.82, 2.24) is 0 Å². The molecule has 1 fully saturated rings. The third-order valence-corrected chi connectivity index (χ3v) is 2.55. The van der Waals surface area contributed by atoms with Crippen molar-refractivity contribution in [2.75, 3.05) is 21.3 Å². The molecule has 0 aromatic heterocycles. The first-order chi connectivity index (χ1) is 8.17. The van der Waals surface area contributed by atoms with Crippen LogP contribution in [0, 0.1) is 0 Å². The molecule has 0 aliphatic carbocycles. The minimum absolute atomic E-state index is 0.255. The van der Waals surface area contributed by atoms with Gasteiger partial charge in [-0.25, -0.2) is 4.79 Å². The molecular formula is C9H15N3O5. The minimum Gasteiger partial charge on any atom is -0.467 e. The van der Waals surface area contributed by atoms with Crippen molar-refractivity contribution in [3.8, 4) is 0 Å². The fourth-order valence-corrected chi connectivity index (χ4v) is 1.76. The average Bonchev–Trinajstić information content (AvgIpc) is 2.75. The molecule has 8 nitrogen and oxygen atoms in total. The number of nitrogens with zero attached hydrogens (tertiary/aromatic N) is 3. The zero-order valence-corrected chi connectivity index (χ0v) is 9.90. The second-order valence-corrected chi connectivity index (χ2v) is 3.46. The van der Waals surface area contributed by atoms with E-state index in [4.69, 9.17) is 19.7 Å². The van der Waals surface area contributed by atoms with Crippen LogP contribution in [0.5, 0.6) is 0 Å². The van der Waals surface area contributed by atoms with Gasteiger partial charge < -0.3 is 18.9 Å². The van der Waals surface area contributed by atoms with Gasteiger partial charge in [-0.1, -0.05) is 5.11 Å². The Morgan fingerprint density at radius 3 is 2.59 bits per heavy atom. The second kappa shape index (κ2) is 6.41. The van der Waals surface area contributed by atoms with Gasteiger partial charge in [-0.15, -0.1) is 0 Å². The summed E-state index contributed by atoms with van der Waals surface area (Å²) >= 11 is 0. The molecule has 3 atom stereocenters. The zero-order chi connectivity index (χ0) is 12.8. The lowest BCUT2D eigenvalue weighted by molar-refractivity contribution is -0.186. The maximum Gasteiger partial charge on any atom is 0.335 e. The summed E-state index contributed by atoms with van der Waals surface area (Å²) in [6, 6.07) is -0.519. The lowest BCUT2D eigenvalue weighted by atomic mass is 10.1. The number of azide groups is 1. The number of hydrogen-bond donors (Lipinski definition) is 0. The normalized spacial score (nSPS) is 27.9. The summed E-state index contributed by atoms with van der Waals surface area (Å²) < 4.78 is 20.1. The Morgan fingerprint density at radius 2 is 2.12 bits per heavy atom. The minimum atomic E-state index is -0.756. The maximum atomic E-state index is 11.3. The first-order valence-electron chi connectivity index (χ1n) is 5.01. The van der Waals surface area contributed by atoms with Gasteiger partial charge in [-0.2, -0.15) is 0 Å². The summed E-state index contributed by atoms with van der Waals surface area (Å²) in [6.45, 7) is 0. The van der Waals surface area contributed by atoms with Crippen LogP contribution in [0.4, 0.5) is 0 Å². The highest BCUT2D eigenvalue weighted by atomic mass is 16.7. The van der Waals surface area contributed by atoms with E-state index in [-0.39, 0.29) is 6.42 Å². The van der Waals surface area contributed by atoms with Crippen molar-refractivity contribution < 1.29 is 23.7 Å². The number of methoxy groups -OCH3 is 3. The molecule has 0 aromatic rings. The maximum absolute atomic E-state index is 11.3. The van der Waals surface area contributed by atoms with Crippen LogP contribution in [-0.4, -0.2) is 51.8 Å². The van der Waals surface area contributed by atoms with Gasteiger partial charge in [0.25, 0.3) is 0 Å². The highest BCUT2D eigenvalue weighted by molar-refractivity contribution is 5.75. The molecule has 1 saturated heterocycles. The topological polar surface area (TPSA) is 103 Å². The first kappa shape index (κ1) is 13.7. The van der Waals surface area contributed by atoms with Crippen molar-refractivity contribution in [3.05, 3.63) is 10.4 Å². The summed E-state index contributed by atoms with van der Waals surface area (Å²) in [4.78, 5) is 14.1. The van der Waals surface area contributed by atoms with Gasteiger partial charge in [0.2, 0.25) is 0 Å². The van der Waals surface area contributed by atoms with Crippen molar-refractivity contribution in [2.45, 2.75) is 31.0 Å². The van der Waals surface area contributed by atoms with Gasteiger partial charge in [0.15, 0.2) is 12.4 Å². The molecule has 0 saturated carbocycles. The van der Waals surface area contributed by atoms with Gasteiger partial charge in [0, 0.05) is 19.1 Å². The molecule has 0 aromatic carbocycles. The fourth-order valence-electron chi connectivity index (χ4n) is 1.76. The van der Waals surface area contributed by atoms with E-state index in [2.05, 4.69) is 14.8 Å². The van der Waals surface area contributed by atoms with Crippen LogP contribution in [0.1, 0.15) is 6.42 Å². The van der Waals surface area contributed by atoms with Gasteiger partial charge in [0.05, 0.1) is 13.2 Å². The van der Waals surface area contributed by atoms with E-state index < -0.39 is 30.5 Å². The molecular weight excluding hydrogens is 230 g/mol. The second-order valence-electron chi connectivity index (χ2n) is 3.46. The predicted molar refractivity (Wildman–Crippen MR) is 56.0 cm³/mol. The van der Waals surface area contributed by atoms with Crippen LogP contribution in [0.15, 0.2) is 5.11 Å². The van der Waals surface area contributed by atoms with Crippen LogP contribution < -0.4 is 0 Å². The van der Waals surface area contributed by atoms with E-state index >= 15 is 0 Å². The summed E-state index contributed by atoms with van der Waals surface area (Å²) in [5.41, 5.74) is 8.46. The van der Waals surface area contributed by atoms with Crippen LogP contribution in [0.3, 0.4) is 0 Å². The largest absolute Gasteiger partial charge is 0.467 e. The molecule has 0 radical (unpaired) electrons. The third kappa shape index (κ3) is 3.07. The summed E-state index contributed by atoms with van der Waals surface area (Å²) in [5.74, 6) is -0.503. The highest BCUT2D eigenvalue weighted by Gasteiger charge is 2.43. The molecule has 1 heterocycles. The Bertz CT molecular complexity index is 314. The van der Waals surface area contributed by atoms with E-state index in [0.29, 0.717) is 0 Å². The number of carbonyl (C=O) groups excluding carboxylic acids is 1. The van der Waals surface area contributed by atoms with Crippen molar-refractivity contribution in [2.24, 2.45) is 5.11 Å². The average molecular weight is 245 g/mol. The summed E-state index contributed by atoms with van der Waals surface area (Å²) in [5, 5.41) is 3.58. The third-order valence-electron chi connectivity index (χ3n) is 2.55. The lowest BCUT2D eigenvalue weighted by Gasteiger charge is -2.23. The van der Waals surface area contributed by atoms with Crippen LogP contribution in [0.2, 0.25) is 0 Å². The number of esters is 1. The monoisotopic (exact) mass is 245 g/mol. The standard InChI is InChI=1S/C9H15N3O5/c1-14-8(13)6-4-5(11-12-10)7(17-6)9(15-2)16-3/h5-7,9H,4H2,1-3H3/t5-,6+,7-/m0/s1. The van der Waals surface area contributed by atoms with Crippen LogP contribution in [-0.2, 0) is 23.7 Å². The van der Waals surface area contributed by atoms with E-state index in [9.17, 15) is 4.79 Å². The Labute approximate surface area is 98.4 Å². The molecule has 0 amide bonds. The van der Waals surface area contributed by atoms with Gasteiger partial charge in [-0.05, 0) is 12.0 Å². The number of rotatable bonds is 5. The molecule has 0 bridgehead atoms. The van der Waals surface area contributed by atoms with Crippen LogP contribution in [0.25, 0.3) is 10.4 Å². The van der Waals surface area contributed by atoms with Crippen molar-refractivity contribution in [1.29, 1.82) is 0 Å². The Morgan fingerprint density at radius 1 is 1.47 bits per heavy atom. The van der Waals surface area contributed by atoms with Crippen molar-refractivity contribution in [3.63, 3.8) is 0 Å². The van der Waals surface area contributed by atoms with Gasteiger partial charge in [-0.3, -0.25) is 0 Å². The molecule has 96 valence electrons.